The highest BCUT2D eigenvalue weighted by Crippen LogP contribution is 2.41. The summed E-state index contributed by atoms with van der Waals surface area (Å²) in [7, 11) is 0. The summed E-state index contributed by atoms with van der Waals surface area (Å²) >= 11 is 0. The van der Waals surface area contributed by atoms with Gasteiger partial charge in [0.15, 0.2) is 0 Å². The molecular formula is C16H19N5O. The molecule has 1 amide bonds. The predicted octanol–water partition coefficient (Wildman–Crippen LogP) is 1.08. The SMILES string of the molecule is N[C@@H]1CN(C(=O)c2cccc(-n3cnnc3)c2)C[C@H]1C1CC1. The van der Waals surface area contributed by atoms with Gasteiger partial charge in [-0.25, -0.2) is 0 Å². The fourth-order valence-corrected chi connectivity index (χ4v) is 3.36. The number of nitrogens with zero attached hydrogens (tertiary/aromatic N) is 4. The van der Waals surface area contributed by atoms with Crippen LogP contribution in [0.3, 0.4) is 0 Å². The number of amides is 1. The van der Waals surface area contributed by atoms with E-state index in [9.17, 15) is 4.79 Å². The lowest BCUT2D eigenvalue weighted by atomic mass is 9.99. The summed E-state index contributed by atoms with van der Waals surface area (Å²) in [6.45, 7) is 1.46. The molecule has 6 heteroatoms. The Bertz CT molecular complexity index is 680. The Balaban J connectivity index is 1.54. The third kappa shape index (κ3) is 2.39. The maximum atomic E-state index is 12.7. The highest BCUT2D eigenvalue weighted by atomic mass is 16.2. The van der Waals surface area contributed by atoms with Crippen LogP contribution < -0.4 is 5.73 Å². The van der Waals surface area contributed by atoms with Crippen molar-refractivity contribution >= 4 is 5.91 Å². The van der Waals surface area contributed by atoms with Crippen molar-refractivity contribution in [1.82, 2.24) is 19.7 Å². The minimum atomic E-state index is 0.0634. The lowest BCUT2D eigenvalue weighted by Crippen LogP contribution is -2.32. The Labute approximate surface area is 128 Å². The van der Waals surface area contributed by atoms with Crippen LogP contribution in [0.4, 0.5) is 0 Å². The Morgan fingerprint density at radius 2 is 1.95 bits per heavy atom. The van der Waals surface area contributed by atoms with E-state index in [1.165, 1.54) is 12.8 Å². The molecule has 0 radical (unpaired) electrons. The molecule has 114 valence electrons. The van der Waals surface area contributed by atoms with Gasteiger partial charge in [-0.3, -0.25) is 9.36 Å². The van der Waals surface area contributed by atoms with Gasteiger partial charge in [0.2, 0.25) is 0 Å². The van der Waals surface area contributed by atoms with Crippen molar-refractivity contribution in [2.45, 2.75) is 18.9 Å². The zero-order chi connectivity index (χ0) is 15.1. The zero-order valence-electron chi connectivity index (χ0n) is 12.3. The highest BCUT2D eigenvalue weighted by molar-refractivity contribution is 5.95. The van der Waals surface area contributed by atoms with Crippen LogP contribution in [0.5, 0.6) is 0 Å². The molecule has 2 fully saturated rings. The molecule has 1 aromatic carbocycles. The van der Waals surface area contributed by atoms with Crippen LogP contribution in [-0.2, 0) is 0 Å². The van der Waals surface area contributed by atoms with E-state index in [-0.39, 0.29) is 11.9 Å². The van der Waals surface area contributed by atoms with Gasteiger partial charge in [-0.15, -0.1) is 10.2 Å². The summed E-state index contributed by atoms with van der Waals surface area (Å²) in [6, 6.07) is 7.67. The Morgan fingerprint density at radius 3 is 2.68 bits per heavy atom. The summed E-state index contributed by atoms with van der Waals surface area (Å²) in [5.74, 6) is 1.27. The topological polar surface area (TPSA) is 77.0 Å². The maximum Gasteiger partial charge on any atom is 0.253 e. The standard InChI is InChI=1S/C16H19N5O/c17-15-8-20(7-14(15)11-4-5-11)16(22)12-2-1-3-13(6-12)21-9-18-19-10-21/h1-3,6,9-11,14-15H,4-5,7-8,17H2/t14-,15+/m0/s1. The average molecular weight is 297 g/mol. The van der Waals surface area contributed by atoms with E-state index in [1.807, 2.05) is 29.2 Å². The van der Waals surface area contributed by atoms with E-state index >= 15 is 0 Å². The lowest BCUT2D eigenvalue weighted by molar-refractivity contribution is 0.0785. The average Bonchev–Trinajstić information content (AvgIpc) is 3.09. The Hall–Kier alpha value is -2.21. The molecule has 22 heavy (non-hydrogen) atoms. The highest BCUT2D eigenvalue weighted by Gasteiger charge is 2.42. The van der Waals surface area contributed by atoms with E-state index in [1.54, 1.807) is 17.2 Å². The molecule has 0 spiro atoms. The van der Waals surface area contributed by atoms with Crippen molar-refractivity contribution in [1.29, 1.82) is 0 Å². The number of rotatable bonds is 3. The molecule has 1 saturated heterocycles. The van der Waals surface area contributed by atoms with Crippen molar-refractivity contribution in [3.63, 3.8) is 0 Å². The second-order valence-corrected chi connectivity index (χ2v) is 6.29. The van der Waals surface area contributed by atoms with Crippen molar-refractivity contribution < 1.29 is 4.79 Å². The molecule has 1 aliphatic heterocycles. The van der Waals surface area contributed by atoms with Crippen LogP contribution in [0.1, 0.15) is 23.2 Å². The van der Waals surface area contributed by atoms with Crippen LogP contribution >= 0.6 is 0 Å². The molecule has 1 saturated carbocycles. The van der Waals surface area contributed by atoms with Crippen LogP contribution in [0.2, 0.25) is 0 Å². The van der Waals surface area contributed by atoms with E-state index < -0.39 is 0 Å². The summed E-state index contributed by atoms with van der Waals surface area (Å²) < 4.78 is 1.79. The van der Waals surface area contributed by atoms with Gasteiger partial charge < -0.3 is 10.6 Å². The molecule has 2 atom stereocenters. The van der Waals surface area contributed by atoms with E-state index in [4.69, 9.17) is 5.73 Å². The lowest BCUT2D eigenvalue weighted by Gasteiger charge is -2.16. The molecule has 2 aliphatic rings. The molecule has 2 N–H and O–H groups in total. The molecule has 6 nitrogen and oxygen atoms in total. The van der Waals surface area contributed by atoms with Crippen molar-refractivity contribution in [2.24, 2.45) is 17.6 Å². The minimum absolute atomic E-state index is 0.0634. The van der Waals surface area contributed by atoms with Crippen LogP contribution in [0.15, 0.2) is 36.9 Å². The minimum Gasteiger partial charge on any atom is -0.337 e. The maximum absolute atomic E-state index is 12.7. The van der Waals surface area contributed by atoms with Gasteiger partial charge in [-0.05, 0) is 42.9 Å². The summed E-state index contributed by atoms with van der Waals surface area (Å²) in [6.07, 6.45) is 5.78. The predicted molar refractivity (Wildman–Crippen MR) is 81.5 cm³/mol. The van der Waals surface area contributed by atoms with E-state index in [0.29, 0.717) is 18.0 Å². The number of carbonyl (C=O) groups is 1. The van der Waals surface area contributed by atoms with Gasteiger partial charge in [0.25, 0.3) is 5.91 Å². The zero-order valence-corrected chi connectivity index (χ0v) is 12.3. The molecule has 2 heterocycles. The molecular weight excluding hydrogens is 278 g/mol. The summed E-state index contributed by atoms with van der Waals surface area (Å²) in [5.41, 5.74) is 7.80. The number of aromatic nitrogens is 3. The first-order valence-electron chi connectivity index (χ1n) is 7.72. The monoisotopic (exact) mass is 297 g/mol. The van der Waals surface area contributed by atoms with Crippen LogP contribution in [-0.4, -0.2) is 44.7 Å². The number of hydrogen-bond donors (Lipinski definition) is 1. The third-order valence-corrected chi connectivity index (χ3v) is 4.74. The second-order valence-electron chi connectivity index (χ2n) is 6.29. The quantitative estimate of drug-likeness (QED) is 0.919. The fraction of sp³-hybridized carbons (Fsp3) is 0.438. The molecule has 1 aromatic heterocycles. The summed E-state index contributed by atoms with van der Waals surface area (Å²) in [5, 5.41) is 7.60. The van der Waals surface area contributed by atoms with Crippen molar-refractivity contribution in [3.8, 4) is 5.69 Å². The van der Waals surface area contributed by atoms with Gasteiger partial charge in [-0.1, -0.05) is 6.07 Å². The van der Waals surface area contributed by atoms with Crippen LogP contribution in [0.25, 0.3) is 5.69 Å². The smallest absolute Gasteiger partial charge is 0.253 e. The molecule has 1 aliphatic carbocycles. The fourth-order valence-electron chi connectivity index (χ4n) is 3.36. The first-order valence-corrected chi connectivity index (χ1v) is 7.72. The largest absolute Gasteiger partial charge is 0.337 e. The first kappa shape index (κ1) is 13.5. The normalized spacial score (nSPS) is 24.7. The van der Waals surface area contributed by atoms with Crippen molar-refractivity contribution in [3.05, 3.63) is 42.5 Å². The Kier molecular flexibility index (Phi) is 3.18. The number of hydrogen-bond acceptors (Lipinski definition) is 4. The second kappa shape index (κ2) is 5.21. The molecule has 2 aromatic rings. The van der Waals surface area contributed by atoms with Gasteiger partial charge in [-0.2, -0.15) is 0 Å². The molecule has 4 rings (SSSR count). The molecule has 0 unspecified atom stereocenters. The molecule has 0 bridgehead atoms. The van der Waals surface area contributed by atoms with Gasteiger partial charge in [0.1, 0.15) is 12.7 Å². The van der Waals surface area contributed by atoms with Crippen molar-refractivity contribution in [2.75, 3.05) is 13.1 Å². The third-order valence-electron chi connectivity index (χ3n) is 4.74. The van der Waals surface area contributed by atoms with Gasteiger partial charge in [0, 0.05) is 30.4 Å². The van der Waals surface area contributed by atoms with Gasteiger partial charge >= 0.3 is 0 Å². The van der Waals surface area contributed by atoms with E-state index in [2.05, 4.69) is 10.2 Å². The number of nitrogens with two attached hydrogens (primary N) is 1. The first-order chi connectivity index (χ1) is 10.7. The number of benzene rings is 1. The van der Waals surface area contributed by atoms with E-state index in [0.717, 1.165) is 18.2 Å². The van der Waals surface area contributed by atoms with Gasteiger partial charge in [0.05, 0.1) is 0 Å². The van der Waals surface area contributed by atoms with Crippen LogP contribution in [0, 0.1) is 11.8 Å². The number of carbonyl (C=O) groups excluding carboxylic acids is 1. The Morgan fingerprint density at radius 1 is 1.18 bits per heavy atom. The summed E-state index contributed by atoms with van der Waals surface area (Å²) in [4.78, 5) is 14.6. The number of likely N-dealkylation sites (tertiary alicyclic amines) is 1.